The molecule has 0 unspecified atom stereocenters. The zero-order valence-electron chi connectivity index (χ0n) is 13.3. The molecule has 1 aliphatic rings. The molecule has 0 bridgehead atoms. The summed E-state index contributed by atoms with van der Waals surface area (Å²) in [7, 11) is -3.96. The standard InChI is InChI=1S/C17H17F3N2O2S/c18-17(19,20)15-7-3-1-6-14(15)12-25(23,24)22-10-9-21-11-13-5-2-4-8-16(13)22/h1-8,21H,9-12H2. The molecule has 2 aromatic rings. The van der Waals surface area contributed by atoms with E-state index in [0.717, 1.165) is 11.6 Å². The first-order chi connectivity index (χ1) is 11.8. The van der Waals surface area contributed by atoms with Gasteiger partial charge in [-0.2, -0.15) is 13.2 Å². The number of alkyl halides is 3. The fourth-order valence-corrected chi connectivity index (χ4v) is 4.56. The Bertz CT molecular complexity index is 866. The van der Waals surface area contributed by atoms with E-state index in [1.807, 2.05) is 0 Å². The summed E-state index contributed by atoms with van der Waals surface area (Å²) in [5, 5.41) is 3.12. The Balaban J connectivity index is 1.99. The number of para-hydroxylation sites is 1. The number of anilines is 1. The minimum Gasteiger partial charge on any atom is -0.311 e. The fraction of sp³-hybridized carbons (Fsp3) is 0.294. The topological polar surface area (TPSA) is 49.4 Å². The van der Waals surface area contributed by atoms with Crippen molar-refractivity contribution in [2.75, 3.05) is 17.4 Å². The minimum absolute atomic E-state index is 0.174. The average Bonchev–Trinajstić information content (AvgIpc) is 2.77. The van der Waals surface area contributed by atoms with E-state index >= 15 is 0 Å². The number of nitrogens with zero attached hydrogens (tertiary/aromatic N) is 1. The second-order valence-electron chi connectivity index (χ2n) is 5.79. The van der Waals surface area contributed by atoms with E-state index in [-0.39, 0.29) is 12.1 Å². The average molecular weight is 370 g/mol. The highest BCUT2D eigenvalue weighted by molar-refractivity contribution is 7.92. The quantitative estimate of drug-likeness (QED) is 0.903. The van der Waals surface area contributed by atoms with Gasteiger partial charge in [-0.3, -0.25) is 4.31 Å². The van der Waals surface area contributed by atoms with Crippen molar-refractivity contribution in [2.24, 2.45) is 0 Å². The molecule has 0 aromatic heterocycles. The van der Waals surface area contributed by atoms with Gasteiger partial charge in [-0.25, -0.2) is 8.42 Å². The Kier molecular flexibility index (Phi) is 4.75. The van der Waals surface area contributed by atoms with Crippen LogP contribution in [-0.2, 0) is 28.5 Å². The molecule has 0 aliphatic carbocycles. The molecule has 0 saturated heterocycles. The van der Waals surface area contributed by atoms with Gasteiger partial charge in [0.05, 0.1) is 17.0 Å². The van der Waals surface area contributed by atoms with E-state index in [2.05, 4.69) is 5.32 Å². The number of benzene rings is 2. The molecule has 1 heterocycles. The lowest BCUT2D eigenvalue weighted by Crippen LogP contribution is -2.36. The van der Waals surface area contributed by atoms with Crippen molar-refractivity contribution in [2.45, 2.75) is 18.5 Å². The van der Waals surface area contributed by atoms with Gasteiger partial charge in [-0.15, -0.1) is 0 Å². The Morgan fingerprint density at radius 1 is 1.04 bits per heavy atom. The molecule has 0 saturated carbocycles. The summed E-state index contributed by atoms with van der Waals surface area (Å²) < 4.78 is 66.4. The Labute approximate surface area is 144 Å². The van der Waals surface area contributed by atoms with Crippen molar-refractivity contribution in [3.63, 3.8) is 0 Å². The minimum atomic E-state index is -4.59. The second-order valence-corrected chi connectivity index (χ2v) is 7.68. The molecule has 0 amide bonds. The van der Waals surface area contributed by atoms with Crippen LogP contribution in [0.2, 0.25) is 0 Å². The normalized spacial score (nSPS) is 15.6. The van der Waals surface area contributed by atoms with Crippen LogP contribution >= 0.6 is 0 Å². The van der Waals surface area contributed by atoms with E-state index in [4.69, 9.17) is 0 Å². The molecule has 0 spiro atoms. The third-order valence-corrected chi connectivity index (χ3v) is 5.79. The van der Waals surface area contributed by atoms with Crippen LogP contribution in [0.1, 0.15) is 16.7 Å². The van der Waals surface area contributed by atoms with Crippen LogP contribution in [0, 0.1) is 0 Å². The van der Waals surface area contributed by atoms with E-state index in [9.17, 15) is 21.6 Å². The number of halogens is 3. The third-order valence-electron chi connectivity index (χ3n) is 4.06. The van der Waals surface area contributed by atoms with Crippen LogP contribution in [0.3, 0.4) is 0 Å². The summed E-state index contributed by atoms with van der Waals surface area (Å²) in [5.74, 6) is -0.697. The molecule has 8 heteroatoms. The van der Waals surface area contributed by atoms with Crippen molar-refractivity contribution in [1.82, 2.24) is 5.32 Å². The summed E-state index contributed by atoms with van der Waals surface area (Å²) in [4.78, 5) is 0. The number of nitrogens with one attached hydrogen (secondary N) is 1. The molecule has 0 radical (unpaired) electrons. The van der Waals surface area contributed by atoms with E-state index in [1.165, 1.54) is 22.5 Å². The summed E-state index contributed by atoms with van der Waals surface area (Å²) in [6.07, 6.45) is -4.59. The summed E-state index contributed by atoms with van der Waals surface area (Å²) in [6, 6.07) is 11.8. The molecule has 25 heavy (non-hydrogen) atoms. The molecule has 0 atom stereocenters. The molecular weight excluding hydrogens is 353 g/mol. The van der Waals surface area contributed by atoms with Crippen molar-refractivity contribution in [3.8, 4) is 0 Å². The van der Waals surface area contributed by atoms with Crippen molar-refractivity contribution in [1.29, 1.82) is 0 Å². The Morgan fingerprint density at radius 3 is 2.48 bits per heavy atom. The van der Waals surface area contributed by atoms with E-state index in [0.29, 0.717) is 18.8 Å². The van der Waals surface area contributed by atoms with Gasteiger partial charge in [0.25, 0.3) is 0 Å². The van der Waals surface area contributed by atoms with Crippen LogP contribution in [-0.4, -0.2) is 21.5 Å². The lowest BCUT2D eigenvalue weighted by atomic mass is 10.1. The Morgan fingerprint density at radius 2 is 1.72 bits per heavy atom. The van der Waals surface area contributed by atoms with Gasteiger partial charge >= 0.3 is 6.18 Å². The van der Waals surface area contributed by atoms with Crippen LogP contribution < -0.4 is 9.62 Å². The molecule has 1 aliphatic heterocycles. The zero-order valence-corrected chi connectivity index (χ0v) is 14.1. The second kappa shape index (κ2) is 6.68. The smallest absolute Gasteiger partial charge is 0.311 e. The van der Waals surface area contributed by atoms with E-state index in [1.54, 1.807) is 24.3 Å². The summed E-state index contributed by atoms with van der Waals surface area (Å²) >= 11 is 0. The first kappa shape index (κ1) is 17.8. The zero-order chi connectivity index (χ0) is 18.1. The first-order valence-corrected chi connectivity index (χ1v) is 9.34. The molecule has 0 fully saturated rings. The molecule has 134 valence electrons. The highest BCUT2D eigenvalue weighted by atomic mass is 32.2. The lowest BCUT2D eigenvalue weighted by Gasteiger charge is -2.25. The maximum atomic E-state index is 13.2. The SMILES string of the molecule is O=S(=O)(Cc1ccccc1C(F)(F)F)N1CCNCc2ccccc21. The maximum Gasteiger partial charge on any atom is 0.416 e. The van der Waals surface area contributed by atoms with E-state index < -0.39 is 27.5 Å². The monoisotopic (exact) mass is 370 g/mol. The molecule has 1 N–H and O–H groups in total. The van der Waals surface area contributed by atoms with Gasteiger partial charge in [0.2, 0.25) is 10.0 Å². The van der Waals surface area contributed by atoms with Gasteiger partial charge in [0.15, 0.2) is 0 Å². The number of hydrogen-bond donors (Lipinski definition) is 1. The summed E-state index contributed by atoms with van der Waals surface area (Å²) in [5.41, 5.74) is 0.147. The third kappa shape index (κ3) is 3.80. The van der Waals surface area contributed by atoms with Crippen LogP contribution in [0.25, 0.3) is 0 Å². The van der Waals surface area contributed by atoms with Crippen molar-refractivity contribution in [3.05, 3.63) is 65.2 Å². The van der Waals surface area contributed by atoms with Gasteiger partial charge < -0.3 is 5.32 Å². The first-order valence-electron chi connectivity index (χ1n) is 7.73. The molecule has 3 rings (SSSR count). The van der Waals surface area contributed by atoms with Crippen molar-refractivity contribution >= 4 is 15.7 Å². The van der Waals surface area contributed by atoms with Crippen LogP contribution in [0.4, 0.5) is 18.9 Å². The molecular formula is C17H17F3N2O2S. The predicted molar refractivity (Wildman–Crippen MR) is 89.6 cm³/mol. The lowest BCUT2D eigenvalue weighted by molar-refractivity contribution is -0.138. The predicted octanol–water partition coefficient (Wildman–Crippen LogP) is 3.15. The van der Waals surface area contributed by atoms with Gasteiger partial charge in [0.1, 0.15) is 0 Å². The highest BCUT2D eigenvalue weighted by Crippen LogP contribution is 2.34. The van der Waals surface area contributed by atoms with Crippen LogP contribution in [0.15, 0.2) is 48.5 Å². The Hall–Kier alpha value is -2.06. The molecule has 2 aromatic carbocycles. The number of rotatable bonds is 3. The van der Waals surface area contributed by atoms with Crippen LogP contribution in [0.5, 0.6) is 0 Å². The van der Waals surface area contributed by atoms with Gasteiger partial charge in [-0.1, -0.05) is 36.4 Å². The van der Waals surface area contributed by atoms with Gasteiger partial charge in [0, 0.05) is 19.6 Å². The fourth-order valence-electron chi connectivity index (χ4n) is 2.91. The number of sulfonamides is 1. The summed E-state index contributed by atoms with van der Waals surface area (Å²) in [6.45, 7) is 1.11. The maximum absolute atomic E-state index is 13.2. The van der Waals surface area contributed by atoms with Crippen molar-refractivity contribution < 1.29 is 21.6 Å². The highest BCUT2D eigenvalue weighted by Gasteiger charge is 2.35. The van der Waals surface area contributed by atoms with Gasteiger partial charge in [-0.05, 0) is 23.3 Å². The largest absolute Gasteiger partial charge is 0.416 e. The number of hydrogen-bond acceptors (Lipinski definition) is 3. The number of fused-ring (bicyclic) bond motifs is 1. The molecule has 4 nitrogen and oxygen atoms in total.